The Morgan fingerprint density at radius 2 is 2.21 bits per heavy atom. The highest BCUT2D eigenvalue weighted by molar-refractivity contribution is 5.84. The average molecular weight is 195 g/mol. The fourth-order valence-electron chi connectivity index (χ4n) is 0.594. The van der Waals surface area contributed by atoms with E-state index in [9.17, 15) is 4.79 Å². The molecule has 0 aliphatic carbocycles. The average Bonchev–Trinajstić information content (AvgIpc) is 2.22. The van der Waals surface area contributed by atoms with Gasteiger partial charge in [-0.2, -0.15) is 4.99 Å². The summed E-state index contributed by atoms with van der Waals surface area (Å²) < 4.78 is 9.28. The molecule has 0 aliphatic rings. The number of rotatable bonds is 4. The molecule has 4 heteroatoms. The molecule has 0 aromatic heterocycles. The van der Waals surface area contributed by atoms with Gasteiger partial charge in [-0.05, 0) is 25.2 Å². The standard InChI is InChI=1S/C10H13NO3/c1-4-9(14-5-2)7-6-8-11-10(12)13-3/h4-8H,2H2,1,3H3/b7-6+,9-4-,11-8+. The van der Waals surface area contributed by atoms with Crippen LogP contribution in [0.2, 0.25) is 0 Å². The van der Waals surface area contributed by atoms with Crippen LogP contribution in [0.5, 0.6) is 0 Å². The van der Waals surface area contributed by atoms with E-state index in [2.05, 4.69) is 16.3 Å². The summed E-state index contributed by atoms with van der Waals surface area (Å²) >= 11 is 0. The number of amides is 1. The van der Waals surface area contributed by atoms with Crippen molar-refractivity contribution in [1.29, 1.82) is 0 Å². The highest BCUT2D eigenvalue weighted by Crippen LogP contribution is 1.98. The third-order valence-corrected chi connectivity index (χ3v) is 1.21. The number of hydrogen-bond acceptors (Lipinski definition) is 3. The Kier molecular flexibility index (Phi) is 6.77. The van der Waals surface area contributed by atoms with Crippen molar-refractivity contribution in [3.8, 4) is 0 Å². The van der Waals surface area contributed by atoms with Crippen LogP contribution in [0.25, 0.3) is 0 Å². The quantitative estimate of drug-likeness (QED) is 0.393. The monoisotopic (exact) mass is 195 g/mol. The Morgan fingerprint density at radius 1 is 1.50 bits per heavy atom. The van der Waals surface area contributed by atoms with Crippen molar-refractivity contribution in [2.45, 2.75) is 6.92 Å². The van der Waals surface area contributed by atoms with Gasteiger partial charge in [0.1, 0.15) is 5.76 Å². The lowest BCUT2D eigenvalue weighted by Gasteiger charge is -1.96. The summed E-state index contributed by atoms with van der Waals surface area (Å²) in [6.45, 7) is 5.23. The second-order valence-electron chi connectivity index (χ2n) is 2.08. The zero-order valence-electron chi connectivity index (χ0n) is 8.27. The number of carbonyl (C=O) groups excluding carboxylic acids is 1. The molecule has 76 valence electrons. The minimum atomic E-state index is -0.638. The predicted octanol–water partition coefficient (Wildman–Crippen LogP) is 2.44. The first-order valence-corrected chi connectivity index (χ1v) is 3.97. The van der Waals surface area contributed by atoms with E-state index in [0.29, 0.717) is 5.76 Å². The fourth-order valence-corrected chi connectivity index (χ4v) is 0.594. The molecule has 0 aromatic carbocycles. The Hall–Kier alpha value is -1.84. The molecule has 14 heavy (non-hydrogen) atoms. The molecule has 0 radical (unpaired) electrons. The van der Waals surface area contributed by atoms with Crippen molar-refractivity contribution in [2.75, 3.05) is 7.11 Å². The third kappa shape index (κ3) is 5.77. The molecule has 1 amide bonds. The Bertz CT molecular complexity index is 277. The van der Waals surface area contributed by atoms with Crippen LogP contribution in [0.3, 0.4) is 0 Å². The smallest absolute Gasteiger partial charge is 0.433 e. The van der Waals surface area contributed by atoms with Crippen LogP contribution < -0.4 is 0 Å². The predicted molar refractivity (Wildman–Crippen MR) is 55.1 cm³/mol. The van der Waals surface area contributed by atoms with Crippen LogP contribution >= 0.6 is 0 Å². The molecule has 0 atom stereocenters. The molecule has 0 saturated heterocycles. The van der Waals surface area contributed by atoms with Crippen molar-refractivity contribution in [3.05, 3.63) is 36.8 Å². The Balaban J connectivity index is 4.10. The van der Waals surface area contributed by atoms with Crippen LogP contribution in [-0.4, -0.2) is 19.4 Å². The molecular formula is C10H13NO3. The molecule has 0 aromatic rings. The van der Waals surface area contributed by atoms with Gasteiger partial charge >= 0.3 is 6.09 Å². The minimum Gasteiger partial charge on any atom is -0.466 e. The van der Waals surface area contributed by atoms with Gasteiger partial charge in [0.25, 0.3) is 0 Å². The van der Waals surface area contributed by atoms with Gasteiger partial charge in [0, 0.05) is 6.21 Å². The van der Waals surface area contributed by atoms with Crippen molar-refractivity contribution >= 4 is 12.3 Å². The van der Waals surface area contributed by atoms with E-state index in [4.69, 9.17) is 4.74 Å². The summed E-state index contributed by atoms with van der Waals surface area (Å²) in [6.07, 6.45) is 6.97. The summed E-state index contributed by atoms with van der Waals surface area (Å²) in [5, 5.41) is 0. The summed E-state index contributed by atoms with van der Waals surface area (Å²) in [5.41, 5.74) is 0. The van der Waals surface area contributed by atoms with Gasteiger partial charge in [-0.25, -0.2) is 4.79 Å². The highest BCUT2D eigenvalue weighted by Gasteiger charge is 1.89. The Morgan fingerprint density at radius 3 is 2.71 bits per heavy atom. The summed E-state index contributed by atoms with van der Waals surface area (Å²) in [4.78, 5) is 14.0. The lowest BCUT2D eigenvalue weighted by Crippen LogP contribution is -1.91. The van der Waals surface area contributed by atoms with E-state index < -0.39 is 6.09 Å². The van der Waals surface area contributed by atoms with Crippen molar-refractivity contribution in [1.82, 2.24) is 0 Å². The third-order valence-electron chi connectivity index (χ3n) is 1.21. The number of aliphatic imine (C=N–C) groups is 1. The number of nitrogens with zero attached hydrogens (tertiary/aromatic N) is 1. The Labute approximate surface area is 83.2 Å². The maximum Gasteiger partial charge on any atom is 0.433 e. The topological polar surface area (TPSA) is 47.9 Å². The van der Waals surface area contributed by atoms with Crippen LogP contribution in [0.1, 0.15) is 6.92 Å². The van der Waals surface area contributed by atoms with E-state index in [1.165, 1.54) is 19.6 Å². The molecule has 0 bridgehead atoms. The fraction of sp³-hybridized carbons (Fsp3) is 0.200. The van der Waals surface area contributed by atoms with Crippen LogP contribution in [-0.2, 0) is 9.47 Å². The molecule has 0 aliphatic heterocycles. The second kappa shape index (κ2) is 7.79. The summed E-state index contributed by atoms with van der Waals surface area (Å²) in [7, 11) is 1.27. The van der Waals surface area contributed by atoms with Crippen molar-refractivity contribution in [3.63, 3.8) is 0 Å². The molecule has 0 fully saturated rings. The molecule has 0 unspecified atom stereocenters. The van der Waals surface area contributed by atoms with Gasteiger partial charge < -0.3 is 9.47 Å². The molecule has 0 rings (SSSR count). The van der Waals surface area contributed by atoms with Crippen LogP contribution in [0, 0.1) is 0 Å². The number of ether oxygens (including phenoxy) is 2. The number of allylic oxidation sites excluding steroid dienone is 3. The number of hydrogen-bond donors (Lipinski definition) is 0. The van der Waals surface area contributed by atoms with Gasteiger partial charge in [0.2, 0.25) is 0 Å². The van der Waals surface area contributed by atoms with E-state index in [1.54, 1.807) is 18.2 Å². The first kappa shape index (κ1) is 12.2. The molecule has 0 heterocycles. The van der Waals surface area contributed by atoms with Gasteiger partial charge in [0.05, 0.1) is 13.4 Å². The minimum absolute atomic E-state index is 0.622. The number of methoxy groups -OCH3 is 1. The van der Waals surface area contributed by atoms with Crippen molar-refractivity contribution < 1.29 is 14.3 Å². The highest BCUT2D eigenvalue weighted by atomic mass is 16.5. The van der Waals surface area contributed by atoms with E-state index >= 15 is 0 Å². The zero-order valence-corrected chi connectivity index (χ0v) is 8.27. The van der Waals surface area contributed by atoms with Crippen LogP contribution in [0.15, 0.2) is 41.8 Å². The van der Waals surface area contributed by atoms with Crippen LogP contribution in [0.4, 0.5) is 4.79 Å². The lowest BCUT2D eigenvalue weighted by molar-refractivity contribution is 0.183. The zero-order chi connectivity index (χ0) is 10.8. The van der Waals surface area contributed by atoms with E-state index in [0.717, 1.165) is 0 Å². The molecule has 0 saturated carbocycles. The van der Waals surface area contributed by atoms with E-state index in [1.807, 2.05) is 6.92 Å². The first-order valence-electron chi connectivity index (χ1n) is 3.97. The van der Waals surface area contributed by atoms with Crippen molar-refractivity contribution in [2.24, 2.45) is 4.99 Å². The summed E-state index contributed by atoms with van der Waals surface area (Å²) in [6, 6.07) is 0. The SMILES string of the molecule is C=COC(=C\C)/C=C/C=N/C(=O)OC. The van der Waals surface area contributed by atoms with Gasteiger partial charge in [-0.3, -0.25) is 0 Å². The maximum absolute atomic E-state index is 10.5. The van der Waals surface area contributed by atoms with Gasteiger partial charge in [-0.15, -0.1) is 0 Å². The maximum atomic E-state index is 10.5. The number of carbonyl (C=O) groups is 1. The normalized spacial score (nSPS) is 12.0. The first-order chi connectivity index (χ1) is 6.74. The second-order valence-corrected chi connectivity index (χ2v) is 2.08. The lowest BCUT2D eigenvalue weighted by atomic mass is 10.4. The molecule has 4 nitrogen and oxygen atoms in total. The molecule has 0 spiro atoms. The molecular weight excluding hydrogens is 182 g/mol. The molecule has 0 N–H and O–H groups in total. The van der Waals surface area contributed by atoms with Gasteiger partial charge in [-0.1, -0.05) is 6.58 Å². The summed E-state index contributed by atoms with van der Waals surface area (Å²) in [5.74, 6) is 0.622. The largest absolute Gasteiger partial charge is 0.466 e. The van der Waals surface area contributed by atoms with Gasteiger partial charge in [0.15, 0.2) is 0 Å². The van der Waals surface area contributed by atoms with E-state index in [-0.39, 0.29) is 0 Å².